The zero-order valence-electron chi connectivity index (χ0n) is 13.0. The van der Waals surface area contributed by atoms with Crippen LogP contribution in [-0.4, -0.2) is 20.5 Å². The summed E-state index contributed by atoms with van der Waals surface area (Å²) in [6.45, 7) is 6.15. The topological polar surface area (TPSA) is 47.8 Å². The second kappa shape index (κ2) is 6.66. The van der Waals surface area contributed by atoms with Crippen molar-refractivity contribution in [2.45, 2.75) is 46.1 Å². The molecule has 4 nitrogen and oxygen atoms in total. The lowest BCUT2D eigenvalue weighted by Crippen LogP contribution is -2.34. The molecule has 0 saturated carbocycles. The summed E-state index contributed by atoms with van der Waals surface area (Å²) in [4.78, 5) is 17.0. The molecule has 1 aromatic carbocycles. The molecular weight excluding hydrogens is 262 g/mol. The van der Waals surface area contributed by atoms with E-state index < -0.39 is 0 Å². The van der Waals surface area contributed by atoms with Gasteiger partial charge >= 0.3 is 0 Å². The van der Waals surface area contributed by atoms with Crippen molar-refractivity contribution in [3.63, 3.8) is 0 Å². The minimum Gasteiger partial charge on any atom is -0.297 e. The molecule has 112 valence electrons. The van der Waals surface area contributed by atoms with Gasteiger partial charge in [-0.25, -0.2) is 9.67 Å². The van der Waals surface area contributed by atoms with Crippen molar-refractivity contribution in [2.24, 2.45) is 5.41 Å². The Labute approximate surface area is 126 Å². The maximum atomic E-state index is 13.0. The number of nitrogens with zero attached hydrogens (tertiary/aromatic N) is 3. The highest BCUT2D eigenvalue weighted by Gasteiger charge is 2.34. The van der Waals surface area contributed by atoms with Crippen molar-refractivity contribution in [3.8, 4) is 0 Å². The lowest BCUT2D eigenvalue weighted by atomic mass is 9.79. The molecule has 21 heavy (non-hydrogen) atoms. The Kier molecular flexibility index (Phi) is 4.89. The molecule has 2 rings (SSSR count). The van der Waals surface area contributed by atoms with Crippen LogP contribution in [0.3, 0.4) is 0 Å². The molecule has 0 spiro atoms. The molecular formula is C17H23N3O. The van der Waals surface area contributed by atoms with Crippen molar-refractivity contribution >= 4 is 5.78 Å². The van der Waals surface area contributed by atoms with E-state index in [4.69, 9.17) is 0 Å². The van der Waals surface area contributed by atoms with Crippen molar-refractivity contribution in [3.05, 3.63) is 48.5 Å². The lowest BCUT2D eigenvalue weighted by Gasteiger charge is -2.28. The molecule has 1 aromatic heterocycles. The van der Waals surface area contributed by atoms with Crippen LogP contribution in [0.2, 0.25) is 0 Å². The zero-order chi connectivity index (χ0) is 15.3. The van der Waals surface area contributed by atoms with E-state index in [2.05, 4.69) is 17.0 Å². The van der Waals surface area contributed by atoms with Crippen LogP contribution >= 0.6 is 0 Å². The Morgan fingerprint density at radius 1 is 1.29 bits per heavy atom. The second-order valence-electron chi connectivity index (χ2n) is 6.08. The van der Waals surface area contributed by atoms with Gasteiger partial charge in [0.05, 0.1) is 0 Å². The summed E-state index contributed by atoms with van der Waals surface area (Å²) in [5, 5.41) is 4.19. The molecule has 0 N–H and O–H groups in total. The van der Waals surface area contributed by atoms with Gasteiger partial charge in [-0.15, -0.1) is 0 Å². The maximum Gasteiger partial charge on any atom is 0.163 e. The fraction of sp³-hybridized carbons (Fsp3) is 0.471. The number of rotatable bonds is 7. The Morgan fingerprint density at radius 3 is 2.57 bits per heavy atom. The number of carbonyl (C=O) groups excluding carboxylic acids is 1. The number of hydrogen-bond acceptors (Lipinski definition) is 3. The first kappa shape index (κ1) is 15.4. The molecule has 0 aliphatic heterocycles. The van der Waals surface area contributed by atoms with E-state index in [0.29, 0.717) is 6.42 Å². The quantitative estimate of drug-likeness (QED) is 0.782. The van der Waals surface area contributed by atoms with Crippen molar-refractivity contribution in [2.75, 3.05) is 0 Å². The first-order chi connectivity index (χ1) is 10.0. The number of hydrogen-bond donors (Lipinski definition) is 0. The van der Waals surface area contributed by atoms with E-state index in [-0.39, 0.29) is 17.2 Å². The average Bonchev–Trinajstić information content (AvgIpc) is 2.99. The normalized spacial score (nSPS) is 13.1. The van der Waals surface area contributed by atoms with Crippen LogP contribution in [0, 0.1) is 5.41 Å². The number of benzene rings is 1. The van der Waals surface area contributed by atoms with Crippen molar-refractivity contribution in [1.29, 1.82) is 0 Å². The van der Waals surface area contributed by atoms with Crippen LogP contribution in [0.1, 0.15) is 45.2 Å². The minimum absolute atomic E-state index is 0.221. The molecule has 0 saturated heterocycles. The smallest absolute Gasteiger partial charge is 0.163 e. The third-order valence-electron chi connectivity index (χ3n) is 3.87. The van der Waals surface area contributed by atoms with Crippen LogP contribution in [0.15, 0.2) is 43.0 Å². The highest BCUT2D eigenvalue weighted by molar-refractivity contribution is 5.87. The Bertz CT molecular complexity index is 561. The molecule has 1 atom stereocenters. The Balaban J connectivity index is 2.27. The van der Waals surface area contributed by atoms with E-state index in [1.165, 1.54) is 6.33 Å². The van der Waals surface area contributed by atoms with Crippen LogP contribution in [0.5, 0.6) is 0 Å². The summed E-state index contributed by atoms with van der Waals surface area (Å²) in [7, 11) is 0. The van der Waals surface area contributed by atoms with Crippen LogP contribution < -0.4 is 0 Å². The lowest BCUT2D eigenvalue weighted by molar-refractivity contribution is -0.131. The largest absolute Gasteiger partial charge is 0.297 e. The van der Waals surface area contributed by atoms with E-state index in [1.54, 1.807) is 11.0 Å². The molecule has 1 unspecified atom stereocenters. The van der Waals surface area contributed by atoms with Gasteiger partial charge in [0.15, 0.2) is 5.78 Å². The molecule has 0 radical (unpaired) electrons. The third-order valence-corrected chi connectivity index (χ3v) is 3.87. The second-order valence-corrected chi connectivity index (χ2v) is 6.08. The molecule has 4 heteroatoms. The van der Waals surface area contributed by atoms with Gasteiger partial charge < -0.3 is 0 Å². The summed E-state index contributed by atoms with van der Waals surface area (Å²) < 4.78 is 1.69. The van der Waals surface area contributed by atoms with Crippen molar-refractivity contribution < 1.29 is 4.79 Å². The molecule has 0 bridgehead atoms. The number of aromatic nitrogens is 3. The summed E-state index contributed by atoms with van der Waals surface area (Å²) >= 11 is 0. The van der Waals surface area contributed by atoms with Crippen LogP contribution in [-0.2, 0) is 11.2 Å². The van der Waals surface area contributed by atoms with Gasteiger partial charge in [-0.1, -0.05) is 57.5 Å². The predicted molar refractivity (Wildman–Crippen MR) is 82.9 cm³/mol. The standard InChI is InChI=1S/C17H23N3O/c1-4-10-17(2,3)16(21)15(20-13-18-12-19-20)11-14-8-6-5-7-9-14/h5-9,12-13,15H,4,10-11H2,1-3H3. The number of Topliss-reactive ketones (excluding diaryl/α,β-unsaturated/α-hetero) is 1. The average molecular weight is 285 g/mol. The zero-order valence-corrected chi connectivity index (χ0v) is 13.0. The first-order valence-corrected chi connectivity index (χ1v) is 7.47. The summed E-state index contributed by atoms with van der Waals surface area (Å²) in [6.07, 6.45) is 5.64. The van der Waals surface area contributed by atoms with E-state index >= 15 is 0 Å². The third kappa shape index (κ3) is 3.78. The minimum atomic E-state index is -0.347. The van der Waals surface area contributed by atoms with E-state index in [9.17, 15) is 4.79 Å². The molecule has 0 fully saturated rings. The molecule has 0 aliphatic carbocycles. The highest BCUT2D eigenvalue weighted by Crippen LogP contribution is 2.30. The fourth-order valence-corrected chi connectivity index (χ4v) is 2.72. The van der Waals surface area contributed by atoms with Gasteiger partial charge in [-0.3, -0.25) is 4.79 Å². The highest BCUT2D eigenvalue weighted by atomic mass is 16.1. The molecule has 0 amide bonds. The van der Waals surface area contributed by atoms with Crippen LogP contribution in [0.25, 0.3) is 0 Å². The van der Waals surface area contributed by atoms with Gasteiger partial charge in [-0.05, 0) is 12.0 Å². The van der Waals surface area contributed by atoms with Crippen LogP contribution in [0.4, 0.5) is 0 Å². The molecule has 0 aliphatic rings. The first-order valence-electron chi connectivity index (χ1n) is 7.47. The monoisotopic (exact) mass is 285 g/mol. The van der Waals surface area contributed by atoms with Crippen molar-refractivity contribution in [1.82, 2.24) is 14.8 Å². The van der Waals surface area contributed by atoms with Gasteiger partial charge in [0, 0.05) is 11.8 Å². The summed E-state index contributed by atoms with van der Waals surface area (Å²) in [5.41, 5.74) is 0.791. The van der Waals surface area contributed by atoms with E-state index in [0.717, 1.165) is 18.4 Å². The summed E-state index contributed by atoms with van der Waals surface area (Å²) in [6, 6.07) is 9.77. The summed E-state index contributed by atoms with van der Waals surface area (Å²) in [5.74, 6) is 0.221. The maximum absolute atomic E-state index is 13.0. The Hall–Kier alpha value is -1.97. The van der Waals surface area contributed by atoms with Gasteiger partial charge in [0.2, 0.25) is 0 Å². The van der Waals surface area contributed by atoms with Gasteiger partial charge in [0.1, 0.15) is 18.7 Å². The number of carbonyl (C=O) groups is 1. The fourth-order valence-electron chi connectivity index (χ4n) is 2.72. The SMILES string of the molecule is CCCC(C)(C)C(=O)C(Cc1ccccc1)n1cncn1. The molecule has 2 aromatic rings. The molecule has 1 heterocycles. The predicted octanol–water partition coefficient (Wildman–Crippen LogP) is 3.46. The Morgan fingerprint density at radius 2 is 2.00 bits per heavy atom. The number of ketones is 1. The van der Waals surface area contributed by atoms with E-state index in [1.807, 2.05) is 44.2 Å². The van der Waals surface area contributed by atoms with Gasteiger partial charge in [-0.2, -0.15) is 5.10 Å². The van der Waals surface area contributed by atoms with Gasteiger partial charge in [0.25, 0.3) is 0 Å².